The standard InChI is InChI=1S/C20H33F3N6O/c1-26-17(24)16(21)18(25)28-10-2-4-14(12-28)29-11-3-5-15(19(29)30)27-13-6-8-20(22,23)9-7-13/h13-15,27H,2-12,25H2,1H3,(H2,24,26)/t14-,15?/m1/s1. The summed E-state index contributed by atoms with van der Waals surface area (Å²) in [6.45, 7) is 1.67. The summed E-state index contributed by atoms with van der Waals surface area (Å²) < 4.78 is 41.1. The van der Waals surface area contributed by atoms with E-state index in [0.717, 1.165) is 19.3 Å². The van der Waals surface area contributed by atoms with Crippen LogP contribution in [0.1, 0.15) is 51.4 Å². The van der Waals surface area contributed by atoms with Gasteiger partial charge in [0.1, 0.15) is 5.82 Å². The van der Waals surface area contributed by atoms with Crippen molar-refractivity contribution in [1.82, 2.24) is 15.1 Å². The highest BCUT2D eigenvalue weighted by molar-refractivity contribution is 5.95. The lowest BCUT2D eigenvalue weighted by Gasteiger charge is -2.44. The zero-order valence-corrected chi connectivity index (χ0v) is 17.5. The molecule has 2 atom stereocenters. The van der Waals surface area contributed by atoms with Gasteiger partial charge in [-0.25, -0.2) is 8.78 Å². The first-order valence-electron chi connectivity index (χ1n) is 10.8. The Labute approximate surface area is 175 Å². The number of amidine groups is 1. The summed E-state index contributed by atoms with van der Waals surface area (Å²) in [5.74, 6) is -3.61. The summed E-state index contributed by atoms with van der Waals surface area (Å²) in [5.41, 5.74) is 11.5. The molecule has 170 valence electrons. The Balaban J connectivity index is 1.62. The monoisotopic (exact) mass is 430 g/mol. The number of amides is 1. The molecule has 10 heteroatoms. The van der Waals surface area contributed by atoms with Crippen molar-refractivity contribution in [3.63, 3.8) is 0 Å². The molecule has 0 bridgehead atoms. The number of nitrogens with zero attached hydrogens (tertiary/aromatic N) is 3. The summed E-state index contributed by atoms with van der Waals surface area (Å²) >= 11 is 0. The van der Waals surface area contributed by atoms with Crippen LogP contribution in [0.2, 0.25) is 0 Å². The molecule has 30 heavy (non-hydrogen) atoms. The van der Waals surface area contributed by atoms with Gasteiger partial charge < -0.3 is 26.6 Å². The van der Waals surface area contributed by atoms with Gasteiger partial charge in [0.05, 0.1) is 6.04 Å². The second-order valence-electron chi connectivity index (χ2n) is 8.57. The quantitative estimate of drug-likeness (QED) is 0.455. The van der Waals surface area contributed by atoms with Crippen LogP contribution in [0.4, 0.5) is 13.2 Å². The van der Waals surface area contributed by atoms with E-state index in [4.69, 9.17) is 11.5 Å². The summed E-state index contributed by atoms with van der Waals surface area (Å²) in [6.07, 6.45) is 3.65. The van der Waals surface area contributed by atoms with Gasteiger partial charge in [-0.05, 0) is 38.5 Å². The summed E-state index contributed by atoms with van der Waals surface area (Å²) in [7, 11) is 1.40. The van der Waals surface area contributed by atoms with Gasteiger partial charge >= 0.3 is 0 Å². The fourth-order valence-corrected chi connectivity index (χ4v) is 4.70. The van der Waals surface area contributed by atoms with Crippen molar-refractivity contribution in [2.75, 3.05) is 26.7 Å². The van der Waals surface area contributed by atoms with Crippen LogP contribution in [-0.4, -0.2) is 72.3 Å². The molecule has 2 saturated heterocycles. The van der Waals surface area contributed by atoms with Crippen LogP contribution in [0.15, 0.2) is 16.6 Å². The second-order valence-corrected chi connectivity index (χ2v) is 8.57. The van der Waals surface area contributed by atoms with Crippen LogP contribution >= 0.6 is 0 Å². The number of nitrogens with one attached hydrogen (secondary N) is 1. The third-order valence-corrected chi connectivity index (χ3v) is 6.50. The predicted molar refractivity (Wildman–Crippen MR) is 110 cm³/mol. The van der Waals surface area contributed by atoms with Crippen LogP contribution in [0.25, 0.3) is 0 Å². The van der Waals surface area contributed by atoms with Crippen molar-refractivity contribution in [2.45, 2.75) is 75.4 Å². The largest absolute Gasteiger partial charge is 0.383 e. The normalized spacial score (nSPS) is 29.7. The number of alkyl halides is 2. The maximum absolute atomic E-state index is 14.3. The van der Waals surface area contributed by atoms with Crippen LogP contribution in [0, 0.1) is 0 Å². The van der Waals surface area contributed by atoms with E-state index in [1.54, 1.807) is 4.90 Å². The lowest BCUT2D eigenvalue weighted by molar-refractivity contribution is -0.140. The Morgan fingerprint density at radius 1 is 1.13 bits per heavy atom. The number of carbonyl (C=O) groups excluding carboxylic acids is 1. The molecule has 7 nitrogen and oxygen atoms in total. The van der Waals surface area contributed by atoms with Crippen LogP contribution < -0.4 is 16.8 Å². The molecule has 2 heterocycles. The predicted octanol–water partition coefficient (Wildman–Crippen LogP) is 1.69. The molecule has 2 aliphatic heterocycles. The molecule has 1 saturated carbocycles. The Hall–Kier alpha value is -1.97. The van der Waals surface area contributed by atoms with Crippen molar-refractivity contribution in [3.8, 4) is 0 Å². The number of hydrogen-bond acceptors (Lipinski definition) is 5. The summed E-state index contributed by atoms with van der Waals surface area (Å²) in [6, 6.07) is -0.471. The highest BCUT2D eigenvalue weighted by Crippen LogP contribution is 2.33. The number of piperidine rings is 2. The molecular formula is C20H33F3N6O. The van der Waals surface area contributed by atoms with Crippen molar-refractivity contribution < 1.29 is 18.0 Å². The lowest BCUT2D eigenvalue weighted by atomic mass is 9.90. The first kappa shape index (κ1) is 22.7. The van der Waals surface area contributed by atoms with E-state index in [-0.39, 0.29) is 48.5 Å². The summed E-state index contributed by atoms with van der Waals surface area (Å²) in [5, 5.41) is 3.32. The number of carbonyl (C=O) groups is 1. The number of likely N-dealkylation sites (tertiary alicyclic amines) is 2. The molecular weight excluding hydrogens is 397 g/mol. The molecule has 3 aliphatic rings. The van der Waals surface area contributed by atoms with Crippen molar-refractivity contribution in [3.05, 3.63) is 11.6 Å². The summed E-state index contributed by atoms with van der Waals surface area (Å²) in [4.78, 5) is 20.3. The maximum Gasteiger partial charge on any atom is 0.248 e. The Bertz CT molecular complexity index is 688. The topological polar surface area (TPSA) is 100.0 Å². The maximum atomic E-state index is 14.3. The van der Waals surface area contributed by atoms with Gasteiger partial charge in [0, 0.05) is 51.6 Å². The van der Waals surface area contributed by atoms with E-state index in [2.05, 4.69) is 10.3 Å². The van der Waals surface area contributed by atoms with E-state index in [1.807, 2.05) is 4.90 Å². The Kier molecular flexibility index (Phi) is 7.15. The number of aliphatic imine (C=N–C) groups is 1. The highest BCUT2D eigenvalue weighted by atomic mass is 19.3. The molecule has 1 unspecified atom stereocenters. The zero-order chi connectivity index (χ0) is 21.9. The molecule has 0 aromatic carbocycles. The lowest BCUT2D eigenvalue weighted by Crippen LogP contribution is -2.59. The second kappa shape index (κ2) is 9.45. The van der Waals surface area contributed by atoms with E-state index in [1.165, 1.54) is 7.05 Å². The molecule has 5 N–H and O–H groups in total. The van der Waals surface area contributed by atoms with E-state index in [9.17, 15) is 18.0 Å². The number of rotatable bonds is 5. The van der Waals surface area contributed by atoms with Crippen molar-refractivity contribution in [1.29, 1.82) is 0 Å². The van der Waals surface area contributed by atoms with Gasteiger partial charge in [-0.15, -0.1) is 0 Å². The van der Waals surface area contributed by atoms with Gasteiger partial charge in [-0.2, -0.15) is 4.39 Å². The molecule has 1 amide bonds. The molecule has 0 aromatic heterocycles. The minimum absolute atomic E-state index is 0.00286. The van der Waals surface area contributed by atoms with Gasteiger partial charge in [0.15, 0.2) is 5.84 Å². The molecule has 0 radical (unpaired) electrons. The van der Waals surface area contributed by atoms with Crippen molar-refractivity contribution in [2.24, 2.45) is 16.5 Å². The SMILES string of the molecule is CN=C(N)C(F)=C(N)N1CCC[C@@H](N2CCCC(NC3CCC(F)(F)CC3)C2=O)C1. The smallest absolute Gasteiger partial charge is 0.248 e. The number of hydrogen-bond donors (Lipinski definition) is 3. The van der Waals surface area contributed by atoms with Gasteiger partial charge in [-0.3, -0.25) is 9.79 Å². The zero-order valence-electron chi connectivity index (χ0n) is 17.5. The van der Waals surface area contributed by atoms with Crippen molar-refractivity contribution >= 4 is 11.7 Å². The first-order chi connectivity index (χ1) is 14.2. The minimum Gasteiger partial charge on any atom is -0.383 e. The fraction of sp³-hybridized carbons (Fsp3) is 0.800. The third kappa shape index (κ3) is 5.19. The fourth-order valence-electron chi connectivity index (χ4n) is 4.70. The molecule has 3 rings (SSSR count). The molecule has 0 spiro atoms. The van der Waals surface area contributed by atoms with Crippen LogP contribution in [0.5, 0.6) is 0 Å². The van der Waals surface area contributed by atoms with Gasteiger partial charge in [0.2, 0.25) is 17.7 Å². The number of nitrogens with two attached hydrogens (primary N) is 2. The van der Waals surface area contributed by atoms with E-state index in [0.29, 0.717) is 38.9 Å². The Morgan fingerprint density at radius 3 is 2.47 bits per heavy atom. The average molecular weight is 431 g/mol. The van der Waals surface area contributed by atoms with Crippen LogP contribution in [0.3, 0.4) is 0 Å². The van der Waals surface area contributed by atoms with Crippen LogP contribution in [-0.2, 0) is 4.79 Å². The van der Waals surface area contributed by atoms with E-state index >= 15 is 0 Å². The van der Waals surface area contributed by atoms with Gasteiger partial charge in [0.25, 0.3) is 0 Å². The molecule has 3 fully saturated rings. The minimum atomic E-state index is -2.58. The van der Waals surface area contributed by atoms with Gasteiger partial charge in [-0.1, -0.05) is 0 Å². The van der Waals surface area contributed by atoms with E-state index < -0.39 is 11.7 Å². The molecule has 1 aliphatic carbocycles. The Morgan fingerprint density at radius 2 is 1.80 bits per heavy atom. The average Bonchev–Trinajstić information content (AvgIpc) is 2.75. The molecule has 0 aromatic rings. The first-order valence-corrected chi connectivity index (χ1v) is 10.8. The third-order valence-electron chi connectivity index (χ3n) is 6.50. The highest BCUT2D eigenvalue weighted by Gasteiger charge is 2.39. The number of halogens is 3.